The molecule has 1 saturated heterocycles. The molecule has 7 nitrogen and oxygen atoms in total. The number of imide groups is 1. The minimum atomic E-state index is -1.39. The van der Waals surface area contributed by atoms with E-state index in [0.717, 1.165) is 16.2 Å². The van der Waals surface area contributed by atoms with Crippen LogP contribution in [-0.4, -0.2) is 46.6 Å². The Morgan fingerprint density at radius 1 is 0.848 bits per heavy atom. The standard InChI is InChI=1S/C26H22N4O3/c31-23(30-17-16-22(28-30)19-10-4-1-5-11-19)18-29-24(32)26(27-25(29)33,20-12-6-2-7-13-20)21-14-8-3-9-15-21/h1-15H,16-18H2,(H,27,33). The van der Waals surface area contributed by atoms with Crippen molar-refractivity contribution < 1.29 is 14.4 Å². The quantitative estimate of drug-likeness (QED) is 0.622. The van der Waals surface area contributed by atoms with E-state index in [1.54, 1.807) is 24.3 Å². The number of benzene rings is 3. The molecule has 0 unspecified atom stereocenters. The second-order valence-corrected chi connectivity index (χ2v) is 7.98. The third-order valence-corrected chi connectivity index (χ3v) is 6.01. The van der Waals surface area contributed by atoms with Crippen molar-refractivity contribution in [2.45, 2.75) is 12.0 Å². The van der Waals surface area contributed by atoms with Gasteiger partial charge in [-0.15, -0.1) is 0 Å². The summed E-state index contributed by atoms with van der Waals surface area (Å²) in [5.74, 6) is -0.883. The van der Waals surface area contributed by atoms with Gasteiger partial charge in [0.25, 0.3) is 11.8 Å². The van der Waals surface area contributed by atoms with E-state index in [9.17, 15) is 14.4 Å². The van der Waals surface area contributed by atoms with Crippen LogP contribution in [0.2, 0.25) is 0 Å². The lowest BCUT2D eigenvalue weighted by atomic mass is 9.82. The summed E-state index contributed by atoms with van der Waals surface area (Å²) in [4.78, 5) is 40.7. The van der Waals surface area contributed by atoms with Crippen LogP contribution < -0.4 is 5.32 Å². The average Bonchev–Trinajstić information content (AvgIpc) is 3.46. The molecule has 2 heterocycles. The van der Waals surface area contributed by atoms with Gasteiger partial charge < -0.3 is 5.32 Å². The molecule has 3 aromatic rings. The first-order chi connectivity index (χ1) is 16.1. The molecule has 1 fully saturated rings. The Hall–Kier alpha value is -4.26. The number of urea groups is 1. The number of nitrogens with one attached hydrogen (secondary N) is 1. The Bertz CT molecular complexity index is 1190. The van der Waals surface area contributed by atoms with E-state index in [-0.39, 0.29) is 6.54 Å². The van der Waals surface area contributed by atoms with Gasteiger partial charge in [0.15, 0.2) is 5.54 Å². The summed E-state index contributed by atoms with van der Waals surface area (Å²) < 4.78 is 0. The Labute approximate surface area is 191 Å². The van der Waals surface area contributed by atoms with Gasteiger partial charge in [-0.2, -0.15) is 5.10 Å². The lowest BCUT2D eigenvalue weighted by Crippen LogP contribution is -2.46. The normalized spacial score (nSPS) is 17.2. The van der Waals surface area contributed by atoms with Gasteiger partial charge >= 0.3 is 6.03 Å². The van der Waals surface area contributed by atoms with Gasteiger partial charge in [-0.05, 0) is 16.7 Å². The molecule has 0 spiro atoms. The highest BCUT2D eigenvalue weighted by Crippen LogP contribution is 2.36. The number of amides is 4. The van der Waals surface area contributed by atoms with E-state index < -0.39 is 23.4 Å². The number of carbonyl (C=O) groups excluding carboxylic acids is 3. The number of nitrogens with zero attached hydrogens (tertiary/aromatic N) is 3. The molecule has 4 amide bonds. The zero-order valence-corrected chi connectivity index (χ0v) is 17.8. The Morgan fingerprint density at radius 2 is 1.39 bits per heavy atom. The zero-order valence-electron chi connectivity index (χ0n) is 17.8. The van der Waals surface area contributed by atoms with Gasteiger partial charge in [-0.1, -0.05) is 91.0 Å². The fourth-order valence-corrected chi connectivity index (χ4v) is 4.34. The molecule has 0 bridgehead atoms. The van der Waals surface area contributed by atoms with Gasteiger partial charge in [0.1, 0.15) is 6.54 Å². The van der Waals surface area contributed by atoms with E-state index in [4.69, 9.17) is 0 Å². The monoisotopic (exact) mass is 438 g/mol. The molecule has 5 rings (SSSR count). The number of rotatable bonds is 5. The third kappa shape index (κ3) is 3.57. The van der Waals surface area contributed by atoms with Crippen molar-refractivity contribution >= 4 is 23.6 Å². The summed E-state index contributed by atoms with van der Waals surface area (Å²) in [6.45, 7) is 0.0346. The van der Waals surface area contributed by atoms with E-state index in [1.807, 2.05) is 66.7 Å². The van der Waals surface area contributed by atoms with Crippen molar-refractivity contribution in [1.82, 2.24) is 15.2 Å². The molecule has 0 aromatic heterocycles. The van der Waals surface area contributed by atoms with Gasteiger partial charge in [0.2, 0.25) is 0 Å². The Kier molecular flexibility index (Phi) is 5.22. The van der Waals surface area contributed by atoms with Crippen LogP contribution in [0.5, 0.6) is 0 Å². The van der Waals surface area contributed by atoms with Crippen molar-refractivity contribution in [3.05, 3.63) is 108 Å². The lowest BCUT2D eigenvalue weighted by molar-refractivity contribution is -0.138. The SMILES string of the molecule is O=C(CN1C(=O)NC(c2ccccc2)(c2ccccc2)C1=O)N1CCC(c2ccccc2)=N1. The van der Waals surface area contributed by atoms with Crippen molar-refractivity contribution in [2.75, 3.05) is 13.1 Å². The van der Waals surface area contributed by atoms with Crippen LogP contribution in [0.3, 0.4) is 0 Å². The van der Waals surface area contributed by atoms with Gasteiger partial charge in [-0.25, -0.2) is 9.80 Å². The molecule has 2 aliphatic rings. The Balaban J connectivity index is 1.42. The van der Waals surface area contributed by atoms with Crippen LogP contribution in [0.15, 0.2) is 96.1 Å². The van der Waals surface area contributed by atoms with Gasteiger partial charge in [0, 0.05) is 6.42 Å². The highest BCUT2D eigenvalue weighted by Gasteiger charge is 2.54. The number of hydrogen-bond donors (Lipinski definition) is 1. The molecule has 3 aromatic carbocycles. The van der Waals surface area contributed by atoms with Gasteiger partial charge in [-0.3, -0.25) is 14.5 Å². The second-order valence-electron chi connectivity index (χ2n) is 7.98. The van der Waals surface area contributed by atoms with E-state index in [0.29, 0.717) is 24.1 Å². The molecular formula is C26H22N4O3. The van der Waals surface area contributed by atoms with Crippen LogP contribution >= 0.6 is 0 Å². The van der Waals surface area contributed by atoms with Crippen LogP contribution in [0, 0.1) is 0 Å². The molecule has 0 atom stereocenters. The van der Waals surface area contributed by atoms with E-state index in [1.165, 1.54) is 5.01 Å². The van der Waals surface area contributed by atoms with E-state index >= 15 is 0 Å². The molecule has 33 heavy (non-hydrogen) atoms. The zero-order chi connectivity index (χ0) is 22.8. The minimum absolute atomic E-state index is 0.377. The number of carbonyl (C=O) groups is 3. The summed E-state index contributed by atoms with van der Waals surface area (Å²) in [6.07, 6.45) is 0.619. The molecule has 0 aliphatic carbocycles. The molecule has 0 saturated carbocycles. The maximum Gasteiger partial charge on any atom is 0.326 e. The second kappa shape index (κ2) is 8.35. The molecule has 1 N–H and O–H groups in total. The summed E-state index contributed by atoms with van der Waals surface area (Å²) in [5.41, 5.74) is 1.65. The summed E-state index contributed by atoms with van der Waals surface area (Å²) in [7, 11) is 0. The first kappa shape index (κ1) is 20.6. The average molecular weight is 438 g/mol. The largest absolute Gasteiger partial charge is 0.326 e. The predicted octanol–water partition coefficient (Wildman–Crippen LogP) is 3.12. The fourth-order valence-electron chi connectivity index (χ4n) is 4.34. The number of hydrazone groups is 1. The molecule has 0 radical (unpaired) electrons. The van der Waals surface area contributed by atoms with E-state index in [2.05, 4.69) is 10.4 Å². The summed E-state index contributed by atoms with van der Waals surface area (Å²) in [5, 5.41) is 8.64. The smallest absolute Gasteiger partial charge is 0.315 e. The minimum Gasteiger partial charge on any atom is -0.315 e. The number of hydrogen-bond acceptors (Lipinski definition) is 4. The van der Waals surface area contributed by atoms with Gasteiger partial charge in [0.05, 0.1) is 12.3 Å². The first-order valence-electron chi connectivity index (χ1n) is 10.8. The molecular weight excluding hydrogens is 416 g/mol. The van der Waals surface area contributed by atoms with Crippen molar-refractivity contribution in [3.63, 3.8) is 0 Å². The lowest BCUT2D eigenvalue weighted by Gasteiger charge is -2.28. The topological polar surface area (TPSA) is 82.1 Å². The van der Waals surface area contributed by atoms with Crippen LogP contribution in [0.4, 0.5) is 4.79 Å². The third-order valence-electron chi connectivity index (χ3n) is 6.01. The maximum absolute atomic E-state index is 13.7. The summed E-state index contributed by atoms with van der Waals surface area (Å²) in [6, 6.07) is 27.2. The Morgan fingerprint density at radius 3 is 1.97 bits per heavy atom. The highest BCUT2D eigenvalue weighted by molar-refractivity contribution is 6.11. The van der Waals surface area contributed by atoms with Crippen molar-refractivity contribution in [3.8, 4) is 0 Å². The molecule has 164 valence electrons. The predicted molar refractivity (Wildman–Crippen MR) is 123 cm³/mol. The highest BCUT2D eigenvalue weighted by atomic mass is 16.2. The molecule has 7 heteroatoms. The van der Waals surface area contributed by atoms with Crippen LogP contribution in [0.25, 0.3) is 0 Å². The van der Waals surface area contributed by atoms with Crippen molar-refractivity contribution in [2.24, 2.45) is 5.10 Å². The maximum atomic E-state index is 13.7. The van der Waals surface area contributed by atoms with Crippen LogP contribution in [-0.2, 0) is 15.1 Å². The molecule has 2 aliphatic heterocycles. The van der Waals surface area contributed by atoms with Crippen molar-refractivity contribution in [1.29, 1.82) is 0 Å². The fraction of sp³-hybridized carbons (Fsp3) is 0.154. The van der Waals surface area contributed by atoms with Crippen LogP contribution in [0.1, 0.15) is 23.1 Å². The first-order valence-corrected chi connectivity index (χ1v) is 10.8. The summed E-state index contributed by atoms with van der Waals surface area (Å²) >= 11 is 0.